The number of unbranched alkanes of at least 4 members (excludes halogenated alkanes) is 2. The molecule has 0 aliphatic heterocycles. The summed E-state index contributed by atoms with van der Waals surface area (Å²) in [5.41, 5.74) is 2.46. The third-order valence-electron chi connectivity index (χ3n) is 2.54. The lowest BCUT2D eigenvalue weighted by Crippen LogP contribution is -1.86. The van der Waals surface area contributed by atoms with Gasteiger partial charge < -0.3 is 0 Å². The predicted molar refractivity (Wildman–Crippen MR) is 58.2 cm³/mol. The molecule has 0 aliphatic carbocycles. The van der Waals surface area contributed by atoms with Crippen LogP contribution in [0.15, 0.2) is 18.2 Å². The number of hydrogen-bond acceptors (Lipinski definition) is 1. The molecule has 0 fully saturated rings. The number of H-pyrrole nitrogens is 1. The molecule has 2 heteroatoms. The van der Waals surface area contributed by atoms with E-state index >= 15 is 0 Å². The first-order chi connectivity index (χ1) is 6.92. The maximum absolute atomic E-state index is 3.94. The number of nitrogens with zero attached hydrogens (tertiary/aromatic N) is 1. The average molecular weight is 187 g/mol. The lowest BCUT2D eigenvalue weighted by Gasteiger charge is -2.01. The molecule has 0 amide bonds. The molecule has 1 radical (unpaired) electrons. The van der Waals surface area contributed by atoms with Gasteiger partial charge in [0.25, 0.3) is 0 Å². The summed E-state index contributed by atoms with van der Waals surface area (Å²) in [6.45, 7) is 2.23. The van der Waals surface area contributed by atoms with Crippen LogP contribution in [0.25, 0.3) is 10.9 Å². The molecule has 1 heterocycles. The van der Waals surface area contributed by atoms with Gasteiger partial charge in [0.1, 0.15) is 6.20 Å². The molecule has 1 N–H and O–H groups in total. The van der Waals surface area contributed by atoms with Crippen LogP contribution in [0.5, 0.6) is 0 Å². The van der Waals surface area contributed by atoms with Gasteiger partial charge in [-0.2, -0.15) is 5.10 Å². The Morgan fingerprint density at radius 3 is 3.14 bits per heavy atom. The van der Waals surface area contributed by atoms with Crippen LogP contribution < -0.4 is 0 Å². The summed E-state index contributed by atoms with van der Waals surface area (Å²) in [5, 5.41) is 8.04. The number of nitrogens with one attached hydrogen (secondary N) is 1. The molecule has 2 nitrogen and oxygen atoms in total. The minimum absolute atomic E-state index is 1.10. The number of benzene rings is 1. The first kappa shape index (κ1) is 9.25. The van der Waals surface area contributed by atoms with E-state index in [9.17, 15) is 0 Å². The highest BCUT2D eigenvalue weighted by atomic mass is 15.1. The number of fused-ring (bicyclic) bond motifs is 1. The maximum Gasteiger partial charge on any atom is 0.121 e. The first-order valence-electron chi connectivity index (χ1n) is 5.25. The lowest BCUT2D eigenvalue weighted by atomic mass is 10.0. The zero-order chi connectivity index (χ0) is 9.80. The van der Waals surface area contributed by atoms with Crippen molar-refractivity contribution in [2.24, 2.45) is 0 Å². The molecule has 0 saturated carbocycles. The first-order valence-corrected chi connectivity index (χ1v) is 5.25. The van der Waals surface area contributed by atoms with Gasteiger partial charge in [-0.3, -0.25) is 5.10 Å². The van der Waals surface area contributed by atoms with E-state index in [4.69, 9.17) is 0 Å². The topological polar surface area (TPSA) is 28.7 Å². The van der Waals surface area contributed by atoms with Crippen molar-refractivity contribution in [3.8, 4) is 0 Å². The van der Waals surface area contributed by atoms with Gasteiger partial charge >= 0.3 is 0 Å². The van der Waals surface area contributed by atoms with Gasteiger partial charge in [0.05, 0.1) is 5.52 Å². The normalized spacial score (nSPS) is 10.9. The largest absolute Gasteiger partial charge is 0.277 e. The Morgan fingerprint density at radius 2 is 2.29 bits per heavy atom. The van der Waals surface area contributed by atoms with Crippen molar-refractivity contribution in [2.45, 2.75) is 32.6 Å². The van der Waals surface area contributed by atoms with Crippen LogP contribution in [0.4, 0.5) is 0 Å². The quantitative estimate of drug-likeness (QED) is 0.732. The maximum atomic E-state index is 3.94. The second-order valence-electron chi connectivity index (χ2n) is 3.63. The summed E-state index contributed by atoms with van der Waals surface area (Å²) in [5.74, 6) is 0. The van der Waals surface area contributed by atoms with Crippen molar-refractivity contribution in [1.82, 2.24) is 10.2 Å². The van der Waals surface area contributed by atoms with E-state index < -0.39 is 0 Å². The van der Waals surface area contributed by atoms with Crippen LogP contribution >= 0.6 is 0 Å². The summed E-state index contributed by atoms with van der Waals surface area (Å²) in [4.78, 5) is 0. The summed E-state index contributed by atoms with van der Waals surface area (Å²) in [6, 6.07) is 6.29. The smallest absolute Gasteiger partial charge is 0.121 e. The summed E-state index contributed by atoms with van der Waals surface area (Å²) in [7, 11) is 0. The molecular formula is C12H15N2. The molecule has 0 bridgehead atoms. The minimum Gasteiger partial charge on any atom is -0.277 e. The third kappa shape index (κ3) is 1.79. The Morgan fingerprint density at radius 1 is 1.36 bits per heavy atom. The summed E-state index contributed by atoms with van der Waals surface area (Å²) >= 11 is 0. The predicted octanol–water partition coefficient (Wildman–Crippen LogP) is 3.10. The Kier molecular flexibility index (Phi) is 2.82. The summed E-state index contributed by atoms with van der Waals surface area (Å²) in [6.07, 6.45) is 7.98. The van der Waals surface area contributed by atoms with Crippen molar-refractivity contribution in [2.75, 3.05) is 0 Å². The fraction of sp³-hybridized carbons (Fsp3) is 0.417. The van der Waals surface area contributed by atoms with Gasteiger partial charge in [-0.1, -0.05) is 31.9 Å². The van der Waals surface area contributed by atoms with Crippen LogP contribution in [0.3, 0.4) is 0 Å². The van der Waals surface area contributed by atoms with E-state index in [0.717, 1.165) is 17.3 Å². The Hall–Kier alpha value is -1.31. The lowest BCUT2D eigenvalue weighted by molar-refractivity contribution is 0.719. The number of aryl methyl sites for hydroxylation is 1. The molecule has 1 aromatic heterocycles. The molecule has 2 rings (SSSR count). The Labute approximate surface area is 84.3 Å². The molecule has 0 unspecified atom stereocenters. The zero-order valence-corrected chi connectivity index (χ0v) is 8.51. The second kappa shape index (κ2) is 4.27. The van der Waals surface area contributed by atoms with E-state index in [1.807, 2.05) is 6.07 Å². The number of rotatable bonds is 4. The van der Waals surface area contributed by atoms with Crippen molar-refractivity contribution < 1.29 is 0 Å². The third-order valence-corrected chi connectivity index (χ3v) is 2.54. The van der Waals surface area contributed by atoms with Gasteiger partial charge in [-0.05, 0) is 24.5 Å². The van der Waals surface area contributed by atoms with E-state index in [2.05, 4.69) is 35.5 Å². The van der Waals surface area contributed by atoms with Gasteiger partial charge in [0, 0.05) is 5.39 Å². The van der Waals surface area contributed by atoms with Crippen molar-refractivity contribution in [3.63, 3.8) is 0 Å². The van der Waals surface area contributed by atoms with E-state index in [-0.39, 0.29) is 0 Å². The molecule has 2 aromatic rings. The van der Waals surface area contributed by atoms with E-state index in [1.54, 1.807) is 0 Å². The fourth-order valence-corrected chi connectivity index (χ4v) is 1.74. The second-order valence-corrected chi connectivity index (χ2v) is 3.63. The Balaban J connectivity index is 2.19. The van der Waals surface area contributed by atoms with Gasteiger partial charge in [-0.25, -0.2) is 0 Å². The van der Waals surface area contributed by atoms with Crippen molar-refractivity contribution in [3.05, 3.63) is 30.0 Å². The number of aromatic nitrogens is 2. The molecular weight excluding hydrogens is 172 g/mol. The monoisotopic (exact) mass is 187 g/mol. The number of hydrogen-bond donors (Lipinski definition) is 1. The zero-order valence-electron chi connectivity index (χ0n) is 8.51. The van der Waals surface area contributed by atoms with Crippen molar-refractivity contribution >= 4 is 10.9 Å². The molecule has 0 aliphatic rings. The van der Waals surface area contributed by atoms with Crippen LogP contribution in [-0.2, 0) is 6.42 Å². The number of aromatic amines is 1. The summed E-state index contributed by atoms with van der Waals surface area (Å²) < 4.78 is 0. The van der Waals surface area contributed by atoms with Crippen molar-refractivity contribution in [1.29, 1.82) is 0 Å². The van der Waals surface area contributed by atoms with E-state index in [0.29, 0.717) is 0 Å². The highest BCUT2D eigenvalue weighted by molar-refractivity contribution is 5.80. The van der Waals surface area contributed by atoms with E-state index in [1.165, 1.54) is 24.8 Å². The Bertz CT molecular complexity index is 403. The van der Waals surface area contributed by atoms with Gasteiger partial charge in [0.2, 0.25) is 0 Å². The molecule has 0 saturated heterocycles. The minimum atomic E-state index is 1.10. The van der Waals surface area contributed by atoms with Gasteiger partial charge in [-0.15, -0.1) is 0 Å². The molecule has 0 atom stereocenters. The standard InChI is InChI=1S/C12H15N2/c1-2-3-4-6-10-7-5-8-12-11(10)9-13-14-12/h5,7-8H,2-4,6H2,1H3,(H,13,14). The van der Waals surface area contributed by atoms with Crippen LogP contribution in [0, 0.1) is 6.20 Å². The SMILES string of the molecule is CCCCCc1cccc2[nH]n[c]c12. The fourth-order valence-electron chi connectivity index (χ4n) is 1.74. The molecule has 0 spiro atoms. The van der Waals surface area contributed by atoms with Gasteiger partial charge in [0.15, 0.2) is 0 Å². The highest BCUT2D eigenvalue weighted by Gasteiger charge is 2.01. The highest BCUT2D eigenvalue weighted by Crippen LogP contribution is 2.17. The molecule has 73 valence electrons. The molecule has 14 heavy (non-hydrogen) atoms. The molecule has 1 aromatic carbocycles. The van der Waals surface area contributed by atoms with Crippen LogP contribution in [0.1, 0.15) is 31.7 Å². The van der Waals surface area contributed by atoms with Crippen LogP contribution in [0.2, 0.25) is 0 Å². The average Bonchev–Trinajstić information content (AvgIpc) is 2.67. The van der Waals surface area contributed by atoms with Crippen LogP contribution in [-0.4, -0.2) is 10.2 Å².